The molecule has 0 aliphatic carbocycles. The second kappa shape index (κ2) is 6.53. The molecule has 1 heterocycles. The fourth-order valence-electron chi connectivity index (χ4n) is 1.21. The van der Waals surface area contributed by atoms with E-state index in [2.05, 4.69) is 21.0 Å². The summed E-state index contributed by atoms with van der Waals surface area (Å²) in [6.07, 6.45) is 1.89. The molecule has 84 valence electrons. The van der Waals surface area contributed by atoms with Gasteiger partial charge in [0.1, 0.15) is 0 Å². The number of aromatic nitrogens is 1. The topological polar surface area (TPSA) is 54.0 Å². The Hall–Kier alpha value is -0.940. The highest BCUT2D eigenvalue weighted by Gasteiger charge is 2.00. The van der Waals surface area contributed by atoms with Gasteiger partial charge in [0.2, 0.25) is 5.91 Å². The highest BCUT2D eigenvalue weighted by atomic mass is 32.1. The first-order chi connectivity index (χ1) is 7.22. The van der Waals surface area contributed by atoms with Crippen LogP contribution in [0.25, 0.3) is 0 Å². The van der Waals surface area contributed by atoms with E-state index < -0.39 is 0 Å². The van der Waals surface area contributed by atoms with Crippen molar-refractivity contribution in [2.75, 3.05) is 20.1 Å². The van der Waals surface area contributed by atoms with Crippen LogP contribution in [-0.2, 0) is 11.2 Å². The first-order valence-corrected chi connectivity index (χ1v) is 5.92. The van der Waals surface area contributed by atoms with Crippen molar-refractivity contribution < 1.29 is 4.79 Å². The number of hydrogen-bond donors (Lipinski definition) is 2. The van der Waals surface area contributed by atoms with Gasteiger partial charge in [0.15, 0.2) is 0 Å². The van der Waals surface area contributed by atoms with Crippen LogP contribution in [0, 0.1) is 6.92 Å². The summed E-state index contributed by atoms with van der Waals surface area (Å²) in [5.41, 5.74) is 1.08. The summed E-state index contributed by atoms with van der Waals surface area (Å²) in [4.78, 5) is 15.4. The molecule has 1 rings (SSSR count). The van der Waals surface area contributed by atoms with E-state index in [9.17, 15) is 4.79 Å². The van der Waals surface area contributed by atoms with Crippen LogP contribution in [-0.4, -0.2) is 31.0 Å². The molecule has 0 aliphatic rings. The molecule has 5 heteroatoms. The summed E-state index contributed by atoms with van der Waals surface area (Å²) in [5.74, 6) is 0.0489. The van der Waals surface area contributed by atoms with Gasteiger partial charge >= 0.3 is 0 Å². The molecule has 1 aromatic rings. The second-order valence-corrected chi connectivity index (χ2v) is 4.31. The normalized spacial score (nSPS) is 10.3. The summed E-state index contributed by atoms with van der Waals surface area (Å²) in [6.45, 7) is 3.10. The summed E-state index contributed by atoms with van der Waals surface area (Å²) in [7, 11) is 1.76. The Morgan fingerprint density at radius 2 is 2.40 bits per heavy atom. The smallest absolute Gasteiger partial charge is 0.233 e. The number of thiazole rings is 1. The fourth-order valence-corrected chi connectivity index (χ4v) is 2.03. The molecule has 0 bridgehead atoms. The van der Waals surface area contributed by atoms with Crippen molar-refractivity contribution in [3.05, 3.63) is 16.1 Å². The zero-order chi connectivity index (χ0) is 11.1. The number of likely N-dealkylation sites (N-methyl/N-ethyl adjacent to an activating group) is 1. The Labute approximate surface area is 94.1 Å². The monoisotopic (exact) mass is 227 g/mol. The maximum absolute atomic E-state index is 11.1. The van der Waals surface area contributed by atoms with Gasteiger partial charge in [-0.1, -0.05) is 0 Å². The molecule has 0 atom stereocenters. The van der Waals surface area contributed by atoms with Gasteiger partial charge in [-0.15, -0.1) is 11.3 Å². The van der Waals surface area contributed by atoms with Crippen molar-refractivity contribution in [3.8, 4) is 0 Å². The van der Waals surface area contributed by atoms with Gasteiger partial charge < -0.3 is 10.6 Å². The lowest BCUT2D eigenvalue weighted by atomic mass is 10.3. The number of carbonyl (C=O) groups is 1. The molecule has 0 fully saturated rings. The summed E-state index contributed by atoms with van der Waals surface area (Å²) in [5, 5.41) is 8.84. The van der Waals surface area contributed by atoms with Gasteiger partial charge in [0, 0.05) is 24.0 Å². The van der Waals surface area contributed by atoms with E-state index in [0.29, 0.717) is 6.54 Å². The van der Waals surface area contributed by atoms with E-state index in [1.807, 2.05) is 6.92 Å². The van der Waals surface area contributed by atoms with Crippen molar-refractivity contribution >= 4 is 17.2 Å². The standard InChI is InChI=1S/C10H17N3OS/c1-8-7-15-10(13-8)4-3-5-12-9(14)6-11-2/h7,11H,3-6H2,1-2H3,(H,12,14). The zero-order valence-corrected chi connectivity index (χ0v) is 9.99. The number of aryl methyl sites for hydroxylation is 2. The minimum atomic E-state index is 0.0489. The molecule has 0 aliphatic heterocycles. The van der Waals surface area contributed by atoms with E-state index in [0.717, 1.165) is 30.1 Å². The minimum Gasteiger partial charge on any atom is -0.355 e. The maximum atomic E-state index is 11.1. The summed E-state index contributed by atoms with van der Waals surface area (Å²) >= 11 is 1.68. The molecule has 4 nitrogen and oxygen atoms in total. The van der Waals surface area contributed by atoms with Gasteiger partial charge in [0.25, 0.3) is 0 Å². The Bertz CT molecular complexity index is 311. The lowest BCUT2D eigenvalue weighted by molar-refractivity contribution is -0.120. The van der Waals surface area contributed by atoms with E-state index in [-0.39, 0.29) is 5.91 Å². The van der Waals surface area contributed by atoms with Crippen molar-refractivity contribution in [1.29, 1.82) is 0 Å². The fraction of sp³-hybridized carbons (Fsp3) is 0.600. The van der Waals surface area contributed by atoms with Crippen molar-refractivity contribution in [2.45, 2.75) is 19.8 Å². The SMILES string of the molecule is CNCC(=O)NCCCc1nc(C)cs1. The van der Waals surface area contributed by atoms with Crippen molar-refractivity contribution in [2.24, 2.45) is 0 Å². The Morgan fingerprint density at radius 3 is 3.00 bits per heavy atom. The number of amides is 1. The maximum Gasteiger partial charge on any atom is 0.233 e. The average molecular weight is 227 g/mol. The number of nitrogens with one attached hydrogen (secondary N) is 2. The van der Waals surface area contributed by atoms with Crippen LogP contribution in [0.3, 0.4) is 0 Å². The first-order valence-electron chi connectivity index (χ1n) is 5.04. The molecule has 15 heavy (non-hydrogen) atoms. The molecule has 1 aromatic heterocycles. The Balaban J connectivity index is 2.09. The van der Waals surface area contributed by atoms with E-state index >= 15 is 0 Å². The lowest BCUT2D eigenvalue weighted by Crippen LogP contribution is -2.32. The first kappa shape index (κ1) is 12.1. The molecule has 0 saturated carbocycles. The van der Waals surface area contributed by atoms with E-state index in [1.54, 1.807) is 18.4 Å². The lowest BCUT2D eigenvalue weighted by Gasteiger charge is -2.02. The third-order valence-electron chi connectivity index (χ3n) is 1.89. The second-order valence-electron chi connectivity index (χ2n) is 3.37. The van der Waals surface area contributed by atoms with E-state index in [1.165, 1.54) is 0 Å². The zero-order valence-electron chi connectivity index (χ0n) is 9.17. The third-order valence-corrected chi connectivity index (χ3v) is 2.92. The van der Waals surface area contributed by atoms with Gasteiger partial charge in [-0.05, 0) is 20.4 Å². The Kier molecular flexibility index (Phi) is 5.28. The van der Waals surface area contributed by atoms with E-state index in [4.69, 9.17) is 0 Å². The molecular formula is C10H17N3OS. The Morgan fingerprint density at radius 1 is 1.60 bits per heavy atom. The van der Waals surface area contributed by atoms with Crippen LogP contribution < -0.4 is 10.6 Å². The molecule has 0 aromatic carbocycles. The van der Waals surface area contributed by atoms with Crippen molar-refractivity contribution in [1.82, 2.24) is 15.6 Å². The summed E-state index contributed by atoms with van der Waals surface area (Å²) < 4.78 is 0. The third kappa shape index (κ3) is 4.90. The van der Waals surface area contributed by atoms with Crippen molar-refractivity contribution in [3.63, 3.8) is 0 Å². The molecule has 0 spiro atoms. The molecule has 0 radical (unpaired) electrons. The van der Waals surface area contributed by atoms with Crippen LogP contribution in [0.15, 0.2) is 5.38 Å². The van der Waals surface area contributed by atoms with Gasteiger partial charge in [-0.3, -0.25) is 4.79 Å². The van der Waals surface area contributed by atoms with Gasteiger partial charge in [-0.25, -0.2) is 4.98 Å². The highest BCUT2D eigenvalue weighted by molar-refractivity contribution is 7.09. The quantitative estimate of drug-likeness (QED) is 0.704. The van der Waals surface area contributed by atoms with Crippen LogP contribution in [0.5, 0.6) is 0 Å². The van der Waals surface area contributed by atoms with Gasteiger partial charge in [-0.2, -0.15) is 0 Å². The molecule has 2 N–H and O–H groups in total. The van der Waals surface area contributed by atoms with Crippen LogP contribution in [0.4, 0.5) is 0 Å². The molecule has 1 amide bonds. The van der Waals surface area contributed by atoms with Crippen LogP contribution >= 0.6 is 11.3 Å². The van der Waals surface area contributed by atoms with Gasteiger partial charge in [0.05, 0.1) is 11.6 Å². The predicted octanol–water partition coefficient (Wildman–Crippen LogP) is 0.720. The number of nitrogens with zero attached hydrogens (tertiary/aromatic N) is 1. The number of carbonyl (C=O) groups excluding carboxylic acids is 1. The minimum absolute atomic E-state index is 0.0489. The molecule has 0 unspecified atom stereocenters. The highest BCUT2D eigenvalue weighted by Crippen LogP contribution is 2.10. The predicted molar refractivity (Wildman–Crippen MR) is 62.1 cm³/mol. The summed E-state index contributed by atoms with van der Waals surface area (Å²) in [6, 6.07) is 0. The average Bonchev–Trinajstić information content (AvgIpc) is 2.60. The largest absolute Gasteiger partial charge is 0.355 e. The number of hydrogen-bond acceptors (Lipinski definition) is 4. The van der Waals surface area contributed by atoms with Crippen LogP contribution in [0.1, 0.15) is 17.1 Å². The van der Waals surface area contributed by atoms with Crippen LogP contribution in [0.2, 0.25) is 0 Å². The number of rotatable bonds is 6. The molecule has 0 saturated heterocycles. The molecular weight excluding hydrogens is 210 g/mol.